The minimum atomic E-state index is -3.25. The largest absolute Gasteiger partial charge is 0.497 e. The molecule has 0 saturated heterocycles. The maximum atomic E-state index is 12.7. The fourth-order valence-electron chi connectivity index (χ4n) is 4.11. The average molecular weight is 503 g/mol. The van der Waals surface area contributed by atoms with E-state index in [4.69, 9.17) is 18.5 Å². The van der Waals surface area contributed by atoms with E-state index in [0.717, 1.165) is 44.5 Å². The third kappa shape index (κ3) is 5.88. The summed E-state index contributed by atoms with van der Waals surface area (Å²) in [4.78, 5) is 0. The zero-order chi connectivity index (χ0) is 25.5. The van der Waals surface area contributed by atoms with Crippen molar-refractivity contribution < 1.29 is 23.1 Å². The van der Waals surface area contributed by atoms with Crippen LogP contribution in [-0.4, -0.2) is 20.3 Å². The van der Waals surface area contributed by atoms with Crippen LogP contribution in [0.2, 0.25) is 0 Å². The Morgan fingerprint density at radius 2 is 1.50 bits per heavy atom. The summed E-state index contributed by atoms with van der Waals surface area (Å²) in [5.41, 5.74) is 4.11. The molecule has 4 rings (SSSR count). The van der Waals surface area contributed by atoms with E-state index >= 15 is 0 Å². The highest BCUT2D eigenvalue weighted by atomic mass is 31.2. The molecule has 0 bridgehead atoms. The maximum Gasteiger partial charge on any atom is 0.354 e. The highest BCUT2D eigenvalue weighted by Gasteiger charge is 2.19. The molecule has 0 heterocycles. The quantitative estimate of drug-likeness (QED) is 0.203. The molecule has 0 aliphatic rings. The van der Waals surface area contributed by atoms with Crippen LogP contribution in [0.25, 0.3) is 28.0 Å². The van der Waals surface area contributed by atoms with E-state index in [1.165, 1.54) is 5.82 Å². The minimum Gasteiger partial charge on any atom is -0.497 e. The van der Waals surface area contributed by atoms with Crippen molar-refractivity contribution in [3.05, 3.63) is 95.8 Å². The molecule has 0 radical (unpaired) electrons. The van der Waals surface area contributed by atoms with Crippen LogP contribution in [0.5, 0.6) is 17.2 Å². The van der Waals surface area contributed by atoms with E-state index in [1.54, 1.807) is 27.0 Å². The highest BCUT2D eigenvalue weighted by Crippen LogP contribution is 2.50. The first-order chi connectivity index (χ1) is 17.5. The summed E-state index contributed by atoms with van der Waals surface area (Å²) < 4.78 is 35.3. The number of hydrogen-bond acceptors (Lipinski definition) is 5. The Kier molecular flexibility index (Phi) is 8.27. The van der Waals surface area contributed by atoms with Gasteiger partial charge in [0, 0.05) is 16.8 Å². The maximum absolute atomic E-state index is 12.7. The van der Waals surface area contributed by atoms with Crippen LogP contribution < -0.4 is 9.47 Å². The van der Waals surface area contributed by atoms with Crippen molar-refractivity contribution in [2.24, 2.45) is 0 Å². The van der Waals surface area contributed by atoms with Crippen LogP contribution in [0.1, 0.15) is 25.0 Å². The molecule has 4 aromatic carbocycles. The minimum absolute atomic E-state index is 0.314. The lowest BCUT2D eigenvalue weighted by Crippen LogP contribution is -1.94. The Labute approximate surface area is 212 Å². The summed E-state index contributed by atoms with van der Waals surface area (Å²) in [5.74, 6) is 3.79. The standard InChI is InChI=1S/C30H31O5P/c1-5-33-36(31,34-6-2)19-18-23-12-14-26(15-13-23)35-30-28-17-16-27(32-4)21-25(28)20-22(3)29(30)24-10-8-7-9-11-24/h7-21H,5-6H2,1-4H3/b19-18+. The van der Waals surface area contributed by atoms with Crippen LogP contribution in [0.15, 0.2) is 84.7 Å². The van der Waals surface area contributed by atoms with Crippen molar-refractivity contribution in [3.8, 4) is 28.4 Å². The predicted octanol–water partition coefficient (Wildman–Crippen LogP) is 8.85. The number of ether oxygens (including phenoxy) is 2. The fraction of sp³-hybridized carbons (Fsp3) is 0.200. The van der Waals surface area contributed by atoms with Gasteiger partial charge in [-0.2, -0.15) is 0 Å². The van der Waals surface area contributed by atoms with Gasteiger partial charge in [0.2, 0.25) is 0 Å². The van der Waals surface area contributed by atoms with Gasteiger partial charge in [-0.3, -0.25) is 4.57 Å². The second-order valence-corrected chi connectivity index (χ2v) is 10.1. The molecule has 0 aromatic heterocycles. The second kappa shape index (κ2) is 11.6. The summed E-state index contributed by atoms with van der Waals surface area (Å²) in [7, 11) is -1.59. The molecule has 0 spiro atoms. The number of rotatable bonds is 10. The molecule has 0 atom stereocenters. The second-order valence-electron chi connectivity index (χ2n) is 8.21. The smallest absolute Gasteiger partial charge is 0.354 e. The first-order valence-corrected chi connectivity index (χ1v) is 13.6. The Bertz CT molecular complexity index is 1380. The van der Waals surface area contributed by atoms with Crippen molar-refractivity contribution >= 4 is 24.4 Å². The van der Waals surface area contributed by atoms with Gasteiger partial charge in [0.15, 0.2) is 0 Å². The molecule has 4 aromatic rings. The molecule has 186 valence electrons. The number of methoxy groups -OCH3 is 1. The zero-order valence-corrected chi connectivity index (χ0v) is 22.0. The first kappa shape index (κ1) is 25.7. The molecular formula is C30H31O5P. The normalized spacial score (nSPS) is 11.8. The van der Waals surface area contributed by atoms with Crippen molar-refractivity contribution in [2.75, 3.05) is 20.3 Å². The first-order valence-electron chi connectivity index (χ1n) is 12.0. The molecule has 0 fully saturated rings. The lowest BCUT2D eigenvalue weighted by atomic mass is 9.94. The predicted molar refractivity (Wildman–Crippen MR) is 147 cm³/mol. The van der Waals surface area contributed by atoms with Crippen molar-refractivity contribution in [2.45, 2.75) is 20.8 Å². The van der Waals surface area contributed by atoms with Gasteiger partial charge in [0.1, 0.15) is 17.2 Å². The average Bonchev–Trinajstić information content (AvgIpc) is 2.89. The van der Waals surface area contributed by atoms with E-state index in [2.05, 4.69) is 25.1 Å². The molecule has 0 aliphatic heterocycles. The van der Waals surface area contributed by atoms with E-state index in [-0.39, 0.29) is 0 Å². The molecule has 0 N–H and O–H groups in total. The summed E-state index contributed by atoms with van der Waals surface area (Å²) in [6, 6.07) is 26.0. The topological polar surface area (TPSA) is 54.0 Å². The monoisotopic (exact) mass is 502 g/mol. The van der Waals surface area contributed by atoms with Crippen LogP contribution >= 0.6 is 7.60 Å². The van der Waals surface area contributed by atoms with E-state index in [1.807, 2.05) is 60.7 Å². The summed E-state index contributed by atoms with van der Waals surface area (Å²) in [5, 5.41) is 2.04. The molecular weight excluding hydrogens is 471 g/mol. The Morgan fingerprint density at radius 1 is 0.833 bits per heavy atom. The number of aryl methyl sites for hydroxylation is 1. The van der Waals surface area contributed by atoms with Gasteiger partial charge < -0.3 is 18.5 Å². The molecule has 0 saturated carbocycles. The van der Waals surface area contributed by atoms with E-state index in [0.29, 0.717) is 19.0 Å². The van der Waals surface area contributed by atoms with Crippen LogP contribution in [0.4, 0.5) is 0 Å². The third-order valence-electron chi connectivity index (χ3n) is 5.73. The van der Waals surface area contributed by atoms with Crippen LogP contribution in [0.3, 0.4) is 0 Å². The Hall–Kier alpha value is -3.37. The fourth-order valence-corrected chi connectivity index (χ4v) is 5.43. The molecule has 36 heavy (non-hydrogen) atoms. The lowest BCUT2D eigenvalue weighted by Gasteiger charge is -2.18. The number of benzene rings is 4. The van der Waals surface area contributed by atoms with Crippen molar-refractivity contribution in [3.63, 3.8) is 0 Å². The Morgan fingerprint density at radius 3 is 2.14 bits per heavy atom. The molecule has 0 amide bonds. The van der Waals surface area contributed by atoms with Crippen LogP contribution in [0, 0.1) is 6.92 Å². The molecule has 0 unspecified atom stereocenters. The van der Waals surface area contributed by atoms with Gasteiger partial charge in [-0.15, -0.1) is 0 Å². The zero-order valence-electron chi connectivity index (χ0n) is 21.1. The highest BCUT2D eigenvalue weighted by molar-refractivity contribution is 7.57. The van der Waals surface area contributed by atoms with E-state index in [9.17, 15) is 4.57 Å². The summed E-state index contributed by atoms with van der Waals surface area (Å²) in [6.45, 7) is 6.31. The molecule has 6 heteroatoms. The van der Waals surface area contributed by atoms with Gasteiger partial charge >= 0.3 is 7.60 Å². The molecule has 0 aliphatic carbocycles. The van der Waals surface area contributed by atoms with Crippen LogP contribution in [-0.2, 0) is 13.6 Å². The van der Waals surface area contributed by atoms with Gasteiger partial charge in [-0.05, 0) is 79.3 Å². The van der Waals surface area contributed by atoms with Crippen molar-refractivity contribution in [1.29, 1.82) is 0 Å². The summed E-state index contributed by atoms with van der Waals surface area (Å²) >= 11 is 0. The van der Waals surface area contributed by atoms with Gasteiger partial charge in [0.25, 0.3) is 0 Å². The third-order valence-corrected chi connectivity index (χ3v) is 7.48. The number of hydrogen-bond donors (Lipinski definition) is 0. The number of fused-ring (bicyclic) bond motifs is 1. The molecule has 5 nitrogen and oxygen atoms in total. The Balaban J connectivity index is 1.71. The van der Waals surface area contributed by atoms with Gasteiger partial charge in [-0.25, -0.2) is 0 Å². The summed E-state index contributed by atoms with van der Waals surface area (Å²) in [6.07, 6.45) is 1.75. The van der Waals surface area contributed by atoms with Crippen molar-refractivity contribution in [1.82, 2.24) is 0 Å². The van der Waals surface area contributed by atoms with Gasteiger partial charge in [0.05, 0.1) is 20.3 Å². The van der Waals surface area contributed by atoms with Gasteiger partial charge in [-0.1, -0.05) is 48.5 Å². The lowest BCUT2D eigenvalue weighted by molar-refractivity contribution is 0.229. The van der Waals surface area contributed by atoms with E-state index < -0.39 is 7.60 Å². The SMILES string of the molecule is CCOP(=O)(/C=C/c1ccc(Oc2c(-c3ccccc3)c(C)cc3cc(OC)ccc23)cc1)OCC.